The molecule has 86 valence electrons. The number of carbonyl (C=O) groups is 1. The van der Waals surface area contributed by atoms with Crippen LogP contribution in [0.2, 0.25) is 0 Å². The third-order valence-electron chi connectivity index (χ3n) is 2.53. The average Bonchev–Trinajstić information content (AvgIpc) is 2.30. The summed E-state index contributed by atoms with van der Waals surface area (Å²) in [4.78, 5) is 17.1. The largest absolute Gasteiger partial charge is 0.480 e. The molecule has 1 aromatic heterocycles. The zero-order chi connectivity index (χ0) is 11.5. The number of rotatable bonds is 2. The minimum absolute atomic E-state index is 0.451. The number of pyridine rings is 1. The second kappa shape index (κ2) is 4.80. The molecular formula is C10H12BrN3O2. The van der Waals surface area contributed by atoms with Crippen LogP contribution in [0.4, 0.5) is 5.82 Å². The number of nitrogens with one attached hydrogen (secondary N) is 1. The van der Waals surface area contributed by atoms with Crippen molar-refractivity contribution in [1.29, 1.82) is 0 Å². The second-order valence-corrected chi connectivity index (χ2v) is 4.50. The fraction of sp³-hybridized carbons (Fsp3) is 0.400. The van der Waals surface area contributed by atoms with Gasteiger partial charge in [0.15, 0.2) is 0 Å². The lowest BCUT2D eigenvalue weighted by molar-refractivity contribution is -0.138. The standard InChI is InChI=1S/C10H12BrN3O2/c11-7-1-2-9(13-5-7)14-4-3-12-6-8(14)10(15)16/h1-2,5,8,12H,3-4,6H2,(H,15,16). The van der Waals surface area contributed by atoms with Crippen LogP contribution in [-0.4, -0.2) is 41.7 Å². The van der Waals surface area contributed by atoms with Crippen LogP contribution in [0.15, 0.2) is 22.8 Å². The summed E-state index contributed by atoms with van der Waals surface area (Å²) >= 11 is 3.30. The molecule has 1 fully saturated rings. The van der Waals surface area contributed by atoms with E-state index in [1.807, 2.05) is 17.0 Å². The fourth-order valence-electron chi connectivity index (χ4n) is 1.74. The summed E-state index contributed by atoms with van der Waals surface area (Å²) in [5.74, 6) is -0.117. The maximum atomic E-state index is 11.1. The summed E-state index contributed by atoms with van der Waals surface area (Å²) in [5.41, 5.74) is 0. The highest BCUT2D eigenvalue weighted by atomic mass is 79.9. The van der Waals surface area contributed by atoms with E-state index in [0.29, 0.717) is 18.9 Å². The van der Waals surface area contributed by atoms with Crippen molar-refractivity contribution in [3.05, 3.63) is 22.8 Å². The number of hydrogen-bond acceptors (Lipinski definition) is 4. The molecule has 6 heteroatoms. The van der Waals surface area contributed by atoms with Crippen molar-refractivity contribution in [2.24, 2.45) is 0 Å². The lowest BCUT2D eigenvalue weighted by atomic mass is 10.2. The van der Waals surface area contributed by atoms with Crippen LogP contribution in [0.3, 0.4) is 0 Å². The van der Waals surface area contributed by atoms with Gasteiger partial charge in [0.05, 0.1) is 0 Å². The molecule has 0 radical (unpaired) electrons. The first-order valence-corrected chi connectivity index (χ1v) is 5.79. The van der Waals surface area contributed by atoms with Gasteiger partial charge in [-0.3, -0.25) is 0 Å². The smallest absolute Gasteiger partial charge is 0.327 e. The highest BCUT2D eigenvalue weighted by Gasteiger charge is 2.28. The predicted molar refractivity (Wildman–Crippen MR) is 63.6 cm³/mol. The third-order valence-corrected chi connectivity index (χ3v) is 3.00. The summed E-state index contributed by atoms with van der Waals surface area (Å²) in [6.07, 6.45) is 1.68. The Balaban J connectivity index is 2.23. The van der Waals surface area contributed by atoms with Crippen LogP contribution in [0.25, 0.3) is 0 Å². The van der Waals surface area contributed by atoms with E-state index in [1.54, 1.807) is 6.20 Å². The summed E-state index contributed by atoms with van der Waals surface area (Å²) in [7, 11) is 0. The second-order valence-electron chi connectivity index (χ2n) is 3.59. The summed E-state index contributed by atoms with van der Waals surface area (Å²) in [6, 6.07) is 3.15. The summed E-state index contributed by atoms with van der Waals surface area (Å²) in [6.45, 7) is 1.89. The van der Waals surface area contributed by atoms with Crippen LogP contribution < -0.4 is 10.2 Å². The molecule has 0 aromatic carbocycles. The SMILES string of the molecule is O=C(O)C1CNCCN1c1ccc(Br)cn1. The van der Waals surface area contributed by atoms with Gasteiger partial charge in [-0.15, -0.1) is 0 Å². The predicted octanol–water partition coefficient (Wildman–Crippen LogP) is 0.707. The zero-order valence-corrected chi connectivity index (χ0v) is 10.1. The maximum absolute atomic E-state index is 11.1. The van der Waals surface area contributed by atoms with Crippen molar-refractivity contribution in [2.45, 2.75) is 6.04 Å². The van der Waals surface area contributed by atoms with Crippen molar-refractivity contribution < 1.29 is 9.90 Å². The quantitative estimate of drug-likeness (QED) is 0.838. The normalized spacial score (nSPS) is 20.8. The van der Waals surface area contributed by atoms with E-state index in [9.17, 15) is 4.79 Å². The number of halogens is 1. The maximum Gasteiger partial charge on any atom is 0.327 e. The van der Waals surface area contributed by atoms with Crippen molar-refractivity contribution >= 4 is 27.7 Å². The van der Waals surface area contributed by atoms with Crippen LogP contribution in [0, 0.1) is 0 Å². The monoisotopic (exact) mass is 285 g/mol. The van der Waals surface area contributed by atoms with Gasteiger partial charge in [0, 0.05) is 30.3 Å². The first kappa shape index (κ1) is 11.3. The number of carboxylic acids is 1. The molecule has 0 aliphatic carbocycles. The Hall–Kier alpha value is -1.14. The van der Waals surface area contributed by atoms with Crippen molar-refractivity contribution in [1.82, 2.24) is 10.3 Å². The minimum Gasteiger partial charge on any atom is -0.480 e. The summed E-state index contributed by atoms with van der Waals surface area (Å²) < 4.78 is 0.887. The van der Waals surface area contributed by atoms with Crippen LogP contribution >= 0.6 is 15.9 Å². The van der Waals surface area contributed by atoms with E-state index in [4.69, 9.17) is 5.11 Å². The molecule has 1 aromatic rings. The topological polar surface area (TPSA) is 65.5 Å². The van der Waals surface area contributed by atoms with Gasteiger partial charge in [-0.25, -0.2) is 9.78 Å². The molecule has 2 N–H and O–H groups in total. The molecular weight excluding hydrogens is 274 g/mol. The number of aromatic nitrogens is 1. The lowest BCUT2D eigenvalue weighted by Gasteiger charge is -2.34. The van der Waals surface area contributed by atoms with E-state index in [-0.39, 0.29) is 0 Å². The van der Waals surface area contributed by atoms with E-state index in [1.165, 1.54) is 0 Å². The Morgan fingerprint density at radius 3 is 3.06 bits per heavy atom. The molecule has 1 aliphatic heterocycles. The lowest BCUT2D eigenvalue weighted by Crippen LogP contribution is -2.55. The number of aliphatic carboxylic acids is 1. The molecule has 0 saturated carbocycles. The molecule has 0 spiro atoms. The average molecular weight is 286 g/mol. The summed E-state index contributed by atoms with van der Waals surface area (Å²) in [5, 5.41) is 12.2. The van der Waals surface area contributed by atoms with Gasteiger partial charge in [0.1, 0.15) is 11.9 Å². The van der Waals surface area contributed by atoms with Crippen molar-refractivity contribution in [3.63, 3.8) is 0 Å². The molecule has 1 saturated heterocycles. The molecule has 16 heavy (non-hydrogen) atoms. The van der Waals surface area contributed by atoms with Crippen molar-refractivity contribution in [2.75, 3.05) is 24.5 Å². The number of piperazine rings is 1. The Bertz CT molecular complexity index is 382. The van der Waals surface area contributed by atoms with Crippen LogP contribution in [-0.2, 0) is 4.79 Å². The van der Waals surface area contributed by atoms with Gasteiger partial charge >= 0.3 is 5.97 Å². The molecule has 2 rings (SSSR count). The van der Waals surface area contributed by atoms with Crippen LogP contribution in [0.5, 0.6) is 0 Å². The van der Waals surface area contributed by atoms with E-state index in [2.05, 4.69) is 26.2 Å². The third kappa shape index (κ3) is 2.33. The Labute approximate surface area is 102 Å². The van der Waals surface area contributed by atoms with E-state index < -0.39 is 12.0 Å². The highest BCUT2D eigenvalue weighted by molar-refractivity contribution is 9.10. The molecule has 0 amide bonds. The first-order valence-electron chi connectivity index (χ1n) is 5.00. The zero-order valence-electron chi connectivity index (χ0n) is 8.56. The van der Waals surface area contributed by atoms with Gasteiger partial charge < -0.3 is 15.3 Å². The van der Waals surface area contributed by atoms with Gasteiger partial charge in [0.25, 0.3) is 0 Å². The van der Waals surface area contributed by atoms with Crippen molar-refractivity contribution in [3.8, 4) is 0 Å². The van der Waals surface area contributed by atoms with Gasteiger partial charge in [-0.1, -0.05) is 0 Å². The molecule has 1 atom stereocenters. The van der Waals surface area contributed by atoms with Gasteiger partial charge in [0.2, 0.25) is 0 Å². The van der Waals surface area contributed by atoms with Crippen LogP contribution in [0.1, 0.15) is 0 Å². The molecule has 1 aliphatic rings. The number of anilines is 1. The van der Waals surface area contributed by atoms with E-state index >= 15 is 0 Å². The van der Waals surface area contributed by atoms with Gasteiger partial charge in [-0.05, 0) is 28.1 Å². The molecule has 5 nitrogen and oxygen atoms in total. The minimum atomic E-state index is -0.822. The molecule has 2 heterocycles. The number of hydrogen-bond donors (Lipinski definition) is 2. The Morgan fingerprint density at radius 1 is 1.62 bits per heavy atom. The van der Waals surface area contributed by atoms with E-state index in [0.717, 1.165) is 11.0 Å². The first-order chi connectivity index (χ1) is 7.68. The molecule has 0 bridgehead atoms. The Kier molecular flexibility index (Phi) is 3.40. The fourth-order valence-corrected chi connectivity index (χ4v) is 1.97. The Morgan fingerprint density at radius 2 is 2.44 bits per heavy atom. The number of nitrogens with zero attached hydrogens (tertiary/aromatic N) is 2. The number of carboxylic acid groups (broad SMARTS) is 1. The molecule has 1 unspecified atom stereocenters. The van der Waals surface area contributed by atoms with Gasteiger partial charge in [-0.2, -0.15) is 0 Å². The highest BCUT2D eigenvalue weighted by Crippen LogP contribution is 2.18.